The second-order valence-corrected chi connectivity index (χ2v) is 5.30. The van der Waals surface area contributed by atoms with Gasteiger partial charge in [-0.2, -0.15) is 0 Å². The van der Waals surface area contributed by atoms with Crippen LogP contribution in [-0.4, -0.2) is 37.1 Å². The van der Waals surface area contributed by atoms with Crippen molar-refractivity contribution >= 4 is 5.91 Å². The van der Waals surface area contributed by atoms with Crippen LogP contribution in [0.1, 0.15) is 24.6 Å². The van der Waals surface area contributed by atoms with Gasteiger partial charge in [-0.1, -0.05) is 30.3 Å². The fraction of sp³-hybridized carbons (Fsp3) is 0.533. The molecule has 0 radical (unpaired) electrons. The maximum atomic E-state index is 12.1. The van der Waals surface area contributed by atoms with E-state index in [2.05, 4.69) is 17.4 Å². The van der Waals surface area contributed by atoms with Crippen LogP contribution >= 0.6 is 0 Å². The minimum absolute atomic E-state index is 0.0385. The predicted molar refractivity (Wildman–Crippen MR) is 72.4 cm³/mol. The van der Waals surface area contributed by atoms with Crippen LogP contribution in [-0.2, 0) is 9.53 Å². The summed E-state index contributed by atoms with van der Waals surface area (Å²) in [6.07, 6.45) is 2.16. The number of nitrogens with one attached hydrogen (secondary N) is 1. The zero-order valence-electron chi connectivity index (χ0n) is 11.0. The van der Waals surface area contributed by atoms with Crippen molar-refractivity contribution in [2.45, 2.75) is 19.0 Å². The van der Waals surface area contributed by atoms with Crippen LogP contribution in [0.25, 0.3) is 0 Å². The topological polar surface area (TPSA) is 41.6 Å². The fourth-order valence-electron chi connectivity index (χ4n) is 2.89. The van der Waals surface area contributed by atoms with Gasteiger partial charge in [0.2, 0.25) is 5.91 Å². The van der Waals surface area contributed by atoms with Gasteiger partial charge >= 0.3 is 0 Å². The minimum atomic E-state index is 0.0385. The highest BCUT2D eigenvalue weighted by molar-refractivity contribution is 5.80. The molecule has 2 aliphatic heterocycles. The molecule has 102 valence electrons. The minimum Gasteiger partial charge on any atom is -0.381 e. The van der Waals surface area contributed by atoms with E-state index in [1.807, 2.05) is 23.1 Å². The van der Waals surface area contributed by atoms with Crippen molar-refractivity contribution in [2.24, 2.45) is 5.92 Å². The van der Waals surface area contributed by atoms with E-state index in [1.165, 1.54) is 5.56 Å². The molecule has 2 aliphatic rings. The van der Waals surface area contributed by atoms with E-state index in [9.17, 15) is 4.79 Å². The van der Waals surface area contributed by atoms with Gasteiger partial charge in [0.05, 0.1) is 6.54 Å². The Bertz CT molecular complexity index is 429. The maximum Gasteiger partial charge on any atom is 0.238 e. The standard InChI is InChI=1S/C15H20N2O2/c18-14-10-16-15(13-4-2-1-3-5-13)17(14)11-12-6-8-19-9-7-12/h1-5,12,15-16H,6-11H2. The Balaban J connectivity index is 1.71. The number of ether oxygens (including phenoxy) is 1. The molecular weight excluding hydrogens is 240 g/mol. The molecule has 1 atom stereocenters. The third-order valence-electron chi connectivity index (χ3n) is 3.99. The quantitative estimate of drug-likeness (QED) is 0.896. The van der Waals surface area contributed by atoms with Gasteiger partial charge in [0.15, 0.2) is 0 Å². The highest BCUT2D eigenvalue weighted by Crippen LogP contribution is 2.26. The van der Waals surface area contributed by atoms with Crippen molar-refractivity contribution in [3.63, 3.8) is 0 Å². The van der Waals surface area contributed by atoms with Crippen LogP contribution < -0.4 is 5.32 Å². The summed E-state index contributed by atoms with van der Waals surface area (Å²) in [5.74, 6) is 0.782. The monoisotopic (exact) mass is 260 g/mol. The van der Waals surface area contributed by atoms with Gasteiger partial charge in [-0.15, -0.1) is 0 Å². The summed E-state index contributed by atoms with van der Waals surface area (Å²) < 4.78 is 5.38. The normalized spacial score (nSPS) is 24.9. The summed E-state index contributed by atoms with van der Waals surface area (Å²) in [6.45, 7) is 2.95. The first-order valence-electron chi connectivity index (χ1n) is 7.00. The summed E-state index contributed by atoms with van der Waals surface area (Å²) in [5, 5.41) is 3.31. The number of carbonyl (C=O) groups excluding carboxylic acids is 1. The molecule has 2 heterocycles. The van der Waals surface area contributed by atoms with E-state index in [1.54, 1.807) is 0 Å². The summed E-state index contributed by atoms with van der Waals surface area (Å²) in [4.78, 5) is 14.1. The van der Waals surface area contributed by atoms with Gasteiger partial charge in [-0.3, -0.25) is 10.1 Å². The number of hydrogen-bond donors (Lipinski definition) is 1. The average Bonchev–Trinajstić information content (AvgIpc) is 2.82. The Morgan fingerprint density at radius 2 is 1.95 bits per heavy atom. The zero-order valence-corrected chi connectivity index (χ0v) is 11.0. The second kappa shape index (κ2) is 5.72. The lowest BCUT2D eigenvalue weighted by molar-refractivity contribution is -0.129. The van der Waals surface area contributed by atoms with Crippen molar-refractivity contribution in [3.05, 3.63) is 35.9 Å². The molecule has 19 heavy (non-hydrogen) atoms. The molecule has 0 spiro atoms. The van der Waals surface area contributed by atoms with Gasteiger partial charge in [-0.05, 0) is 24.3 Å². The second-order valence-electron chi connectivity index (χ2n) is 5.30. The Hall–Kier alpha value is -1.39. The molecule has 1 aromatic carbocycles. The average molecular weight is 260 g/mol. The van der Waals surface area contributed by atoms with Crippen LogP contribution in [0.5, 0.6) is 0 Å². The van der Waals surface area contributed by atoms with Gasteiger partial charge in [0, 0.05) is 19.8 Å². The molecule has 0 aliphatic carbocycles. The Kier molecular flexibility index (Phi) is 3.80. The van der Waals surface area contributed by atoms with E-state index >= 15 is 0 Å². The molecule has 1 N–H and O–H groups in total. The highest BCUT2D eigenvalue weighted by Gasteiger charge is 2.33. The first-order valence-corrected chi connectivity index (χ1v) is 7.00. The summed E-state index contributed by atoms with van der Waals surface area (Å²) in [7, 11) is 0. The molecule has 3 rings (SSSR count). The number of carbonyl (C=O) groups is 1. The molecule has 4 nitrogen and oxygen atoms in total. The molecule has 4 heteroatoms. The fourth-order valence-corrected chi connectivity index (χ4v) is 2.89. The Morgan fingerprint density at radius 1 is 1.21 bits per heavy atom. The third kappa shape index (κ3) is 2.80. The van der Waals surface area contributed by atoms with Gasteiger partial charge < -0.3 is 9.64 Å². The van der Waals surface area contributed by atoms with Crippen LogP contribution in [0.3, 0.4) is 0 Å². The third-order valence-corrected chi connectivity index (χ3v) is 3.99. The van der Waals surface area contributed by atoms with Gasteiger partial charge in [0.1, 0.15) is 6.17 Å². The molecule has 0 aromatic heterocycles. The van der Waals surface area contributed by atoms with E-state index in [0.717, 1.165) is 32.6 Å². The van der Waals surface area contributed by atoms with Crippen molar-refractivity contribution < 1.29 is 9.53 Å². The number of hydrogen-bond acceptors (Lipinski definition) is 3. The van der Waals surface area contributed by atoms with Crippen molar-refractivity contribution in [1.82, 2.24) is 10.2 Å². The molecule has 0 bridgehead atoms. The molecule has 0 saturated carbocycles. The lowest BCUT2D eigenvalue weighted by Gasteiger charge is -2.30. The molecule has 1 amide bonds. The summed E-state index contributed by atoms with van der Waals surface area (Å²) >= 11 is 0. The number of amides is 1. The number of nitrogens with zero attached hydrogens (tertiary/aromatic N) is 1. The summed E-state index contributed by atoms with van der Waals surface area (Å²) in [5.41, 5.74) is 1.17. The van der Waals surface area contributed by atoms with Crippen molar-refractivity contribution in [1.29, 1.82) is 0 Å². The number of benzene rings is 1. The van der Waals surface area contributed by atoms with E-state index < -0.39 is 0 Å². The van der Waals surface area contributed by atoms with Gasteiger partial charge in [-0.25, -0.2) is 0 Å². The molecule has 2 saturated heterocycles. The van der Waals surface area contributed by atoms with Crippen LogP contribution in [0.2, 0.25) is 0 Å². The number of rotatable bonds is 3. The zero-order chi connectivity index (χ0) is 13.1. The summed E-state index contributed by atoms with van der Waals surface area (Å²) in [6, 6.07) is 10.2. The van der Waals surface area contributed by atoms with E-state index in [-0.39, 0.29) is 12.1 Å². The van der Waals surface area contributed by atoms with Crippen molar-refractivity contribution in [2.75, 3.05) is 26.3 Å². The van der Waals surface area contributed by atoms with E-state index in [0.29, 0.717) is 12.5 Å². The Morgan fingerprint density at radius 3 is 2.68 bits per heavy atom. The molecule has 1 aromatic rings. The largest absolute Gasteiger partial charge is 0.381 e. The molecular formula is C15H20N2O2. The van der Waals surface area contributed by atoms with E-state index in [4.69, 9.17) is 4.74 Å². The molecule has 1 unspecified atom stereocenters. The maximum absolute atomic E-state index is 12.1. The highest BCUT2D eigenvalue weighted by atomic mass is 16.5. The lowest BCUT2D eigenvalue weighted by atomic mass is 9.99. The van der Waals surface area contributed by atoms with Crippen LogP contribution in [0, 0.1) is 5.92 Å². The van der Waals surface area contributed by atoms with Gasteiger partial charge in [0.25, 0.3) is 0 Å². The smallest absolute Gasteiger partial charge is 0.238 e. The lowest BCUT2D eigenvalue weighted by Crippen LogP contribution is -2.36. The van der Waals surface area contributed by atoms with Crippen LogP contribution in [0.4, 0.5) is 0 Å². The predicted octanol–water partition coefficient (Wildman–Crippen LogP) is 1.54. The Labute approximate surface area is 113 Å². The van der Waals surface area contributed by atoms with Crippen molar-refractivity contribution in [3.8, 4) is 0 Å². The first-order chi connectivity index (χ1) is 9.34. The van der Waals surface area contributed by atoms with Crippen LogP contribution in [0.15, 0.2) is 30.3 Å². The molecule has 2 fully saturated rings. The SMILES string of the molecule is O=C1CNC(c2ccccc2)N1CC1CCOCC1. The first kappa shape index (κ1) is 12.6.